The molecule has 182 valence electrons. The molecule has 2 aliphatic rings. The number of amides is 1. The Morgan fingerprint density at radius 2 is 1.86 bits per heavy atom. The number of rotatable bonds is 5. The number of carbonyl (C=O) groups is 1. The fourth-order valence-electron chi connectivity index (χ4n) is 4.88. The zero-order valence-electron chi connectivity index (χ0n) is 19.7. The molecule has 2 aromatic carbocycles. The van der Waals surface area contributed by atoms with Crippen LogP contribution in [0, 0.1) is 0 Å². The number of nitrogens with zero attached hydrogens (tertiary/aromatic N) is 5. The molecule has 1 fully saturated rings. The maximum atomic E-state index is 12.3. The Balaban J connectivity index is 1.41. The predicted molar refractivity (Wildman–Crippen MR) is 137 cm³/mol. The first-order valence-corrected chi connectivity index (χ1v) is 12.1. The summed E-state index contributed by atoms with van der Waals surface area (Å²) in [7, 11) is 1.58. The molecule has 3 aromatic rings. The van der Waals surface area contributed by atoms with Crippen molar-refractivity contribution in [1.29, 1.82) is 0 Å². The molecule has 35 heavy (non-hydrogen) atoms. The zero-order valence-corrected chi connectivity index (χ0v) is 20.4. The smallest absolute Gasteiger partial charge is 0.318 e. The quantitative estimate of drug-likeness (QED) is 0.547. The molecule has 2 aliphatic heterocycles. The van der Waals surface area contributed by atoms with Crippen molar-refractivity contribution in [2.24, 2.45) is 0 Å². The molecule has 0 saturated carbocycles. The van der Waals surface area contributed by atoms with E-state index in [0.29, 0.717) is 38.7 Å². The van der Waals surface area contributed by atoms with Gasteiger partial charge in [-0.3, -0.25) is 4.79 Å². The van der Waals surface area contributed by atoms with Crippen LogP contribution < -0.4 is 14.5 Å². The third-order valence-corrected chi connectivity index (χ3v) is 6.95. The zero-order chi connectivity index (χ0) is 24.4. The second-order valence-corrected chi connectivity index (χ2v) is 9.05. The van der Waals surface area contributed by atoms with Gasteiger partial charge in [0, 0.05) is 55.4 Å². The average molecular weight is 494 g/mol. The highest BCUT2D eigenvalue weighted by Crippen LogP contribution is 2.37. The number of fused-ring (bicyclic) bond motifs is 2. The van der Waals surface area contributed by atoms with E-state index < -0.39 is 0 Å². The summed E-state index contributed by atoms with van der Waals surface area (Å²) in [5.41, 5.74) is 3.18. The number of benzene rings is 2. The molecule has 9 heteroatoms. The number of carbonyl (C=O) groups excluding carboxylic acids is 1. The van der Waals surface area contributed by atoms with E-state index in [2.05, 4.69) is 34.1 Å². The number of aliphatic hydroxyl groups is 1. The molecule has 5 rings (SSSR count). The van der Waals surface area contributed by atoms with Crippen molar-refractivity contribution < 1.29 is 14.6 Å². The van der Waals surface area contributed by atoms with Gasteiger partial charge in [-0.05, 0) is 23.9 Å². The molecule has 1 amide bonds. The third kappa shape index (κ3) is 4.63. The second-order valence-electron chi connectivity index (χ2n) is 8.64. The van der Waals surface area contributed by atoms with Gasteiger partial charge < -0.3 is 24.5 Å². The lowest BCUT2D eigenvalue weighted by Crippen LogP contribution is -2.49. The van der Waals surface area contributed by atoms with Crippen molar-refractivity contribution in [2.75, 3.05) is 56.2 Å². The predicted octanol–water partition coefficient (Wildman–Crippen LogP) is 3.05. The molecule has 1 saturated heterocycles. The molecule has 8 nitrogen and oxygen atoms in total. The van der Waals surface area contributed by atoms with Crippen molar-refractivity contribution in [3.63, 3.8) is 0 Å². The number of aliphatic hydroxyl groups excluding tert-OH is 1. The minimum Gasteiger partial charge on any atom is -0.467 e. The summed E-state index contributed by atoms with van der Waals surface area (Å²) in [5.74, 6) is 0.811. The van der Waals surface area contributed by atoms with Crippen molar-refractivity contribution in [1.82, 2.24) is 14.9 Å². The Bertz CT molecular complexity index is 1270. The van der Waals surface area contributed by atoms with Crippen LogP contribution in [0.4, 0.5) is 11.5 Å². The Kier molecular flexibility index (Phi) is 6.74. The molecule has 1 N–H and O–H groups in total. The van der Waals surface area contributed by atoms with E-state index >= 15 is 0 Å². The molecule has 3 heterocycles. The maximum absolute atomic E-state index is 12.3. The first-order valence-electron chi connectivity index (χ1n) is 11.8. The molecule has 0 spiro atoms. The van der Waals surface area contributed by atoms with E-state index in [1.807, 2.05) is 12.1 Å². The van der Waals surface area contributed by atoms with Gasteiger partial charge in [0.15, 0.2) is 0 Å². The SMILES string of the molecule is COc1nc2c(c(N3CCN(C(=O)/C=C/CO)CC3)n1)CCN(c1cccc3cccc(Cl)c13)C2. The number of aromatic nitrogens is 2. The number of ether oxygens (including phenoxy) is 1. The van der Waals surface area contributed by atoms with E-state index in [1.165, 1.54) is 12.2 Å². The molecular weight excluding hydrogens is 466 g/mol. The van der Waals surface area contributed by atoms with Gasteiger partial charge in [-0.15, -0.1) is 0 Å². The van der Waals surface area contributed by atoms with Gasteiger partial charge in [-0.25, -0.2) is 0 Å². The molecule has 0 aliphatic carbocycles. The molecule has 0 atom stereocenters. The fraction of sp³-hybridized carbons (Fsp3) is 0.346. The van der Waals surface area contributed by atoms with Gasteiger partial charge in [0.05, 0.1) is 31.0 Å². The van der Waals surface area contributed by atoms with Gasteiger partial charge in [0.1, 0.15) is 5.82 Å². The van der Waals surface area contributed by atoms with E-state index in [1.54, 1.807) is 12.0 Å². The Labute approximate surface area is 209 Å². The Hall–Kier alpha value is -3.36. The molecule has 0 unspecified atom stereocenters. The number of anilines is 2. The van der Waals surface area contributed by atoms with Crippen LogP contribution >= 0.6 is 11.6 Å². The molecule has 0 bridgehead atoms. The fourth-order valence-corrected chi connectivity index (χ4v) is 5.16. The average Bonchev–Trinajstić information content (AvgIpc) is 2.90. The summed E-state index contributed by atoms with van der Waals surface area (Å²) < 4.78 is 5.46. The number of halogens is 1. The van der Waals surface area contributed by atoms with Crippen LogP contribution in [0.1, 0.15) is 11.3 Å². The summed E-state index contributed by atoms with van der Waals surface area (Å²) in [6, 6.07) is 12.6. The monoisotopic (exact) mass is 493 g/mol. The number of methoxy groups -OCH3 is 1. The Morgan fingerprint density at radius 1 is 1.09 bits per heavy atom. The van der Waals surface area contributed by atoms with E-state index in [4.69, 9.17) is 31.4 Å². The van der Waals surface area contributed by atoms with Crippen molar-refractivity contribution >= 4 is 39.8 Å². The normalized spacial score (nSPS) is 16.1. The van der Waals surface area contributed by atoms with Crippen molar-refractivity contribution in [3.8, 4) is 6.01 Å². The molecule has 0 radical (unpaired) electrons. The summed E-state index contributed by atoms with van der Waals surface area (Å²) in [4.78, 5) is 28.0. The number of hydrogen-bond acceptors (Lipinski definition) is 7. The number of hydrogen-bond donors (Lipinski definition) is 1. The minimum atomic E-state index is -0.138. The third-order valence-electron chi connectivity index (χ3n) is 6.63. The first kappa shape index (κ1) is 23.4. The van der Waals surface area contributed by atoms with Crippen molar-refractivity contribution in [2.45, 2.75) is 13.0 Å². The maximum Gasteiger partial charge on any atom is 0.318 e. The second kappa shape index (κ2) is 10.1. The van der Waals surface area contributed by atoms with E-state index in [-0.39, 0.29) is 12.5 Å². The van der Waals surface area contributed by atoms with Crippen LogP contribution in [0.2, 0.25) is 5.02 Å². The van der Waals surface area contributed by atoms with E-state index in [0.717, 1.165) is 51.5 Å². The van der Waals surface area contributed by atoms with Crippen LogP contribution in [-0.4, -0.2) is 72.3 Å². The van der Waals surface area contributed by atoms with Gasteiger partial charge in [0.25, 0.3) is 0 Å². The highest BCUT2D eigenvalue weighted by atomic mass is 35.5. The Morgan fingerprint density at radius 3 is 2.60 bits per heavy atom. The lowest BCUT2D eigenvalue weighted by atomic mass is 10.0. The molecular formula is C26H28ClN5O3. The van der Waals surface area contributed by atoms with Crippen LogP contribution in [0.5, 0.6) is 6.01 Å². The summed E-state index contributed by atoms with van der Waals surface area (Å²) >= 11 is 6.59. The van der Waals surface area contributed by atoms with Gasteiger partial charge in [-0.2, -0.15) is 9.97 Å². The number of piperazine rings is 1. The van der Waals surface area contributed by atoms with Crippen LogP contribution in [0.25, 0.3) is 10.8 Å². The highest BCUT2D eigenvalue weighted by Gasteiger charge is 2.29. The van der Waals surface area contributed by atoms with Gasteiger partial charge in [0.2, 0.25) is 5.91 Å². The summed E-state index contributed by atoms with van der Waals surface area (Å²) in [6.07, 6.45) is 3.70. The van der Waals surface area contributed by atoms with Crippen molar-refractivity contribution in [3.05, 3.63) is 64.8 Å². The molecule has 1 aromatic heterocycles. The first-order chi connectivity index (χ1) is 17.1. The van der Waals surface area contributed by atoms with Crippen LogP contribution in [0.3, 0.4) is 0 Å². The summed E-state index contributed by atoms with van der Waals surface area (Å²) in [5, 5.41) is 11.8. The standard InChI is InChI=1S/C26H28ClN5O3/c1-35-26-28-21-17-32(22-8-3-6-18-5-2-7-20(27)24(18)22)11-10-19(21)25(29-26)31-14-12-30(13-15-31)23(34)9-4-16-33/h2-9,33H,10-17H2,1H3/b9-4+. The topological polar surface area (TPSA) is 82.0 Å². The van der Waals surface area contributed by atoms with Gasteiger partial charge in [-0.1, -0.05) is 41.9 Å². The lowest BCUT2D eigenvalue weighted by molar-refractivity contribution is -0.126. The lowest BCUT2D eigenvalue weighted by Gasteiger charge is -2.38. The van der Waals surface area contributed by atoms with Gasteiger partial charge >= 0.3 is 6.01 Å². The largest absolute Gasteiger partial charge is 0.467 e. The highest BCUT2D eigenvalue weighted by molar-refractivity contribution is 6.36. The van der Waals surface area contributed by atoms with E-state index in [9.17, 15) is 4.79 Å². The van der Waals surface area contributed by atoms with Crippen LogP contribution in [-0.2, 0) is 17.8 Å². The summed E-state index contributed by atoms with van der Waals surface area (Å²) in [6.45, 7) is 3.86. The van der Waals surface area contributed by atoms with Crippen LogP contribution in [0.15, 0.2) is 48.6 Å². The minimum absolute atomic E-state index is 0.0783.